The van der Waals surface area contributed by atoms with Crippen LogP contribution in [0.4, 0.5) is 0 Å². The Bertz CT molecular complexity index is 297. The molecule has 0 N–H and O–H groups in total. The maximum atomic E-state index is 6.68. The Balaban J connectivity index is 1.99. The van der Waals surface area contributed by atoms with E-state index in [1.54, 1.807) is 0 Å². The highest BCUT2D eigenvalue weighted by molar-refractivity contribution is 6.77. The smallest absolute Gasteiger partial charge is 0.200 e. The van der Waals surface area contributed by atoms with E-state index in [-0.39, 0.29) is 0 Å². The van der Waals surface area contributed by atoms with Crippen LogP contribution >= 0.6 is 0 Å². The van der Waals surface area contributed by atoms with E-state index in [1.807, 2.05) is 0 Å². The van der Waals surface area contributed by atoms with Crippen LogP contribution in [0.3, 0.4) is 0 Å². The Morgan fingerprint density at radius 2 is 1.61 bits per heavy atom. The number of allylic oxidation sites excluding steroid dienone is 2. The summed E-state index contributed by atoms with van der Waals surface area (Å²) in [5, 5.41) is 0. The summed E-state index contributed by atoms with van der Waals surface area (Å²) in [6.07, 6.45) is 6.07. The quantitative estimate of drug-likeness (QED) is 0.485. The molecule has 18 heavy (non-hydrogen) atoms. The van der Waals surface area contributed by atoms with Crippen molar-refractivity contribution in [3.63, 3.8) is 0 Å². The molecule has 2 heteroatoms. The fraction of sp³-hybridized carbons (Fsp3) is 0.875. The van der Waals surface area contributed by atoms with Gasteiger partial charge in [-0.3, -0.25) is 0 Å². The lowest BCUT2D eigenvalue weighted by Crippen LogP contribution is -2.48. The largest absolute Gasteiger partial charge is 0.416 e. The molecule has 2 aliphatic rings. The molecule has 0 aliphatic heterocycles. The van der Waals surface area contributed by atoms with Gasteiger partial charge < -0.3 is 4.43 Å². The molecule has 2 rings (SSSR count). The average Bonchev–Trinajstić information content (AvgIpc) is 2.71. The average molecular weight is 267 g/mol. The van der Waals surface area contributed by atoms with E-state index in [0.717, 1.165) is 24.4 Å². The third kappa shape index (κ3) is 2.22. The second kappa shape index (κ2) is 5.13. The predicted molar refractivity (Wildman–Crippen MR) is 81.2 cm³/mol. The second-order valence-electron chi connectivity index (χ2n) is 7.20. The van der Waals surface area contributed by atoms with Crippen LogP contribution in [0.2, 0.25) is 16.6 Å². The summed E-state index contributed by atoms with van der Waals surface area (Å²) in [6, 6.07) is 0. The van der Waals surface area contributed by atoms with Gasteiger partial charge in [0.05, 0.1) is 0 Å². The van der Waals surface area contributed by atoms with Gasteiger partial charge in [0.2, 0.25) is 0 Å². The highest BCUT2D eigenvalue weighted by Gasteiger charge is 2.52. The molecule has 0 saturated heterocycles. The van der Waals surface area contributed by atoms with Gasteiger partial charge in [0.1, 0.15) is 0 Å². The molecule has 1 saturated carbocycles. The van der Waals surface area contributed by atoms with E-state index >= 15 is 0 Å². The zero-order valence-corrected chi connectivity index (χ0v) is 13.9. The zero-order valence-electron chi connectivity index (χ0n) is 12.9. The third-order valence-electron chi connectivity index (χ3n) is 5.40. The molecule has 0 unspecified atom stereocenters. The molecule has 0 aromatic carbocycles. The van der Waals surface area contributed by atoms with Crippen molar-refractivity contribution in [3.8, 4) is 0 Å². The number of hydrogen-bond acceptors (Lipinski definition) is 1. The highest BCUT2D eigenvalue weighted by atomic mass is 28.4. The van der Waals surface area contributed by atoms with E-state index in [2.05, 4.69) is 53.7 Å². The van der Waals surface area contributed by atoms with Gasteiger partial charge in [0.15, 0.2) is 8.32 Å². The minimum atomic E-state index is -1.62. The number of hydrogen-bond donors (Lipinski definition) is 0. The summed E-state index contributed by atoms with van der Waals surface area (Å²) < 4.78 is 6.68. The molecule has 0 aromatic rings. The van der Waals surface area contributed by atoms with Crippen LogP contribution in [0.15, 0.2) is 12.2 Å². The summed E-state index contributed by atoms with van der Waals surface area (Å²) in [5.41, 5.74) is 2.14. The Labute approximate surface area is 114 Å². The Morgan fingerprint density at radius 3 is 2.00 bits per heavy atom. The van der Waals surface area contributed by atoms with Crippen molar-refractivity contribution in [1.29, 1.82) is 0 Å². The van der Waals surface area contributed by atoms with Gasteiger partial charge in [0, 0.05) is 6.61 Å². The first-order valence-electron chi connectivity index (χ1n) is 7.71. The van der Waals surface area contributed by atoms with Crippen LogP contribution in [-0.2, 0) is 4.43 Å². The van der Waals surface area contributed by atoms with Crippen LogP contribution in [-0.4, -0.2) is 14.9 Å². The van der Waals surface area contributed by atoms with Crippen LogP contribution < -0.4 is 0 Å². The Hall–Kier alpha value is -0.0831. The molecule has 0 heterocycles. The molecule has 1 fully saturated rings. The van der Waals surface area contributed by atoms with Gasteiger partial charge in [-0.2, -0.15) is 0 Å². The maximum Gasteiger partial charge on any atom is 0.200 e. The normalized spacial score (nSPS) is 30.6. The first-order valence-corrected chi connectivity index (χ1v) is 9.85. The summed E-state index contributed by atoms with van der Waals surface area (Å²) in [6.45, 7) is 15.3. The summed E-state index contributed by atoms with van der Waals surface area (Å²) >= 11 is 0. The number of rotatable bonds is 6. The lowest BCUT2D eigenvalue weighted by molar-refractivity contribution is 0.253. The van der Waals surface area contributed by atoms with Gasteiger partial charge in [-0.25, -0.2) is 0 Å². The molecule has 0 bridgehead atoms. The topological polar surface area (TPSA) is 9.23 Å². The standard InChI is InChI=1S/C16H30OSi/c1-11(2)18(12(3)4,13(5)6)17-10-16-14-8-7-9-15(14)16/h7-8,11-16H,9-10H2,1-6H3/t14-,15+,16+/m1/s1. The summed E-state index contributed by atoms with van der Waals surface area (Å²) in [7, 11) is -1.62. The molecule has 0 spiro atoms. The Kier molecular flexibility index (Phi) is 4.08. The van der Waals surface area contributed by atoms with Crippen LogP contribution in [0.25, 0.3) is 0 Å². The van der Waals surface area contributed by atoms with E-state index in [4.69, 9.17) is 4.43 Å². The van der Waals surface area contributed by atoms with Crippen LogP contribution in [0.1, 0.15) is 48.0 Å². The van der Waals surface area contributed by atoms with E-state index in [1.165, 1.54) is 6.42 Å². The van der Waals surface area contributed by atoms with Gasteiger partial charge in [-0.05, 0) is 40.8 Å². The van der Waals surface area contributed by atoms with Gasteiger partial charge in [-0.1, -0.05) is 53.7 Å². The maximum absolute atomic E-state index is 6.68. The first kappa shape index (κ1) is 14.3. The predicted octanol–water partition coefficient (Wildman–Crippen LogP) is 5.00. The van der Waals surface area contributed by atoms with Crippen molar-refractivity contribution >= 4 is 8.32 Å². The van der Waals surface area contributed by atoms with Crippen LogP contribution in [0, 0.1) is 17.8 Å². The minimum absolute atomic E-state index is 0.714. The Morgan fingerprint density at radius 1 is 1.06 bits per heavy atom. The van der Waals surface area contributed by atoms with Crippen molar-refractivity contribution in [1.82, 2.24) is 0 Å². The molecular weight excluding hydrogens is 236 g/mol. The van der Waals surface area contributed by atoms with E-state index in [0.29, 0.717) is 16.6 Å². The SMILES string of the molecule is CC(C)[Si](OC[C@H]1[C@@H]2C=CC[C@@H]21)(C(C)C)C(C)C. The fourth-order valence-electron chi connectivity index (χ4n) is 4.46. The third-order valence-corrected chi connectivity index (χ3v) is 11.5. The van der Waals surface area contributed by atoms with Crippen molar-refractivity contribution in [2.75, 3.05) is 6.61 Å². The van der Waals surface area contributed by atoms with E-state index < -0.39 is 8.32 Å². The molecular formula is C16H30OSi. The molecule has 0 amide bonds. The molecule has 3 atom stereocenters. The molecule has 1 nitrogen and oxygen atoms in total. The second-order valence-corrected chi connectivity index (χ2v) is 12.7. The van der Waals surface area contributed by atoms with Gasteiger partial charge in [-0.15, -0.1) is 0 Å². The lowest BCUT2D eigenvalue weighted by Gasteiger charge is -2.42. The van der Waals surface area contributed by atoms with Crippen molar-refractivity contribution in [2.24, 2.45) is 17.8 Å². The molecule has 0 aromatic heterocycles. The van der Waals surface area contributed by atoms with Crippen molar-refractivity contribution < 1.29 is 4.43 Å². The minimum Gasteiger partial charge on any atom is -0.416 e. The van der Waals surface area contributed by atoms with Crippen molar-refractivity contribution in [3.05, 3.63) is 12.2 Å². The molecule has 104 valence electrons. The molecule has 2 aliphatic carbocycles. The monoisotopic (exact) mass is 266 g/mol. The fourth-order valence-corrected chi connectivity index (χ4v) is 9.94. The summed E-state index contributed by atoms with van der Waals surface area (Å²) in [5.74, 6) is 2.64. The van der Waals surface area contributed by atoms with Gasteiger partial charge in [0.25, 0.3) is 0 Å². The van der Waals surface area contributed by atoms with Crippen molar-refractivity contribution in [2.45, 2.75) is 64.6 Å². The zero-order chi connectivity index (χ0) is 13.5. The summed E-state index contributed by atoms with van der Waals surface area (Å²) in [4.78, 5) is 0. The van der Waals surface area contributed by atoms with Crippen LogP contribution in [0.5, 0.6) is 0 Å². The lowest BCUT2D eigenvalue weighted by atomic mass is 10.2. The highest BCUT2D eigenvalue weighted by Crippen LogP contribution is 2.55. The van der Waals surface area contributed by atoms with Gasteiger partial charge >= 0.3 is 0 Å². The number of fused-ring (bicyclic) bond motifs is 1. The van der Waals surface area contributed by atoms with E-state index in [9.17, 15) is 0 Å². The molecule has 0 radical (unpaired) electrons. The first-order chi connectivity index (χ1) is 8.41.